The largest absolute Gasteiger partial charge is 0.349 e. The van der Waals surface area contributed by atoms with E-state index in [0.717, 1.165) is 35.3 Å². The second kappa shape index (κ2) is 7.56. The summed E-state index contributed by atoms with van der Waals surface area (Å²) >= 11 is 1.43. The van der Waals surface area contributed by atoms with Crippen molar-refractivity contribution in [1.82, 2.24) is 10.3 Å². The van der Waals surface area contributed by atoms with Crippen molar-refractivity contribution >= 4 is 28.1 Å². The number of aryl methyl sites for hydroxylation is 3. The van der Waals surface area contributed by atoms with Crippen LogP contribution in [0.5, 0.6) is 0 Å². The van der Waals surface area contributed by atoms with Crippen molar-refractivity contribution in [2.45, 2.75) is 59.4 Å². The van der Waals surface area contributed by atoms with Gasteiger partial charge in [-0.3, -0.25) is 4.79 Å². The molecule has 0 spiro atoms. The SMILES string of the molecule is Cc1ccc(Nc2nc(C)c(C(=O)NC3CCC(C)CC3)s2)c(C)c1. The Hall–Kier alpha value is -1.88. The van der Waals surface area contributed by atoms with E-state index < -0.39 is 0 Å². The Morgan fingerprint density at radius 1 is 1.16 bits per heavy atom. The zero-order valence-corrected chi connectivity index (χ0v) is 16.3. The van der Waals surface area contributed by atoms with Crippen LogP contribution in [0.4, 0.5) is 10.8 Å². The minimum Gasteiger partial charge on any atom is -0.349 e. The number of hydrogen-bond acceptors (Lipinski definition) is 4. The Balaban J connectivity index is 1.68. The van der Waals surface area contributed by atoms with Crippen LogP contribution in [0.3, 0.4) is 0 Å². The third-order valence-corrected chi connectivity index (χ3v) is 6.05. The average molecular weight is 358 g/mol. The van der Waals surface area contributed by atoms with E-state index >= 15 is 0 Å². The molecule has 25 heavy (non-hydrogen) atoms. The summed E-state index contributed by atoms with van der Waals surface area (Å²) in [6.45, 7) is 8.35. The van der Waals surface area contributed by atoms with E-state index in [-0.39, 0.29) is 5.91 Å². The van der Waals surface area contributed by atoms with Crippen LogP contribution in [0.25, 0.3) is 0 Å². The molecular weight excluding hydrogens is 330 g/mol. The minimum absolute atomic E-state index is 0.0169. The number of anilines is 2. The molecule has 5 heteroatoms. The summed E-state index contributed by atoms with van der Waals surface area (Å²) in [4.78, 5) is 17.9. The molecule has 2 aromatic rings. The molecule has 3 rings (SSSR count). The van der Waals surface area contributed by atoms with E-state index in [0.29, 0.717) is 10.9 Å². The van der Waals surface area contributed by atoms with Gasteiger partial charge >= 0.3 is 0 Å². The van der Waals surface area contributed by atoms with Crippen LogP contribution in [0.1, 0.15) is 59.1 Å². The molecule has 1 aliphatic carbocycles. The third kappa shape index (κ3) is 4.40. The van der Waals surface area contributed by atoms with Crippen LogP contribution in [0.2, 0.25) is 0 Å². The van der Waals surface area contributed by atoms with Gasteiger partial charge in [-0.2, -0.15) is 0 Å². The van der Waals surface area contributed by atoms with Crippen LogP contribution in [0.15, 0.2) is 18.2 Å². The van der Waals surface area contributed by atoms with Gasteiger partial charge in [0.05, 0.1) is 5.69 Å². The highest BCUT2D eigenvalue weighted by Gasteiger charge is 2.22. The second-order valence-corrected chi connectivity index (χ2v) is 8.31. The predicted molar refractivity (Wildman–Crippen MR) is 105 cm³/mol. The van der Waals surface area contributed by atoms with Gasteiger partial charge in [0.2, 0.25) is 0 Å². The van der Waals surface area contributed by atoms with E-state index in [1.807, 2.05) is 6.92 Å². The summed E-state index contributed by atoms with van der Waals surface area (Å²) in [5, 5.41) is 7.32. The molecule has 1 fully saturated rings. The molecular formula is C20H27N3OS. The molecule has 0 saturated heterocycles. The lowest BCUT2D eigenvalue weighted by Gasteiger charge is -2.26. The first kappa shape index (κ1) is 17.9. The van der Waals surface area contributed by atoms with E-state index in [2.05, 4.69) is 54.6 Å². The molecule has 0 aliphatic heterocycles. The second-order valence-electron chi connectivity index (χ2n) is 7.31. The van der Waals surface area contributed by atoms with E-state index in [9.17, 15) is 4.79 Å². The van der Waals surface area contributed by atoms with Crippen LogP contribution < -0.4 is 10.6 Å². The smallest absolute Gasteiger partial charge is 0.263 e. The van der Waals surface area contributed by atoms with Crippen LogP contribution >= 0.6 is 11.3 Å². The van der Waals surface area contributed by atoms with Gasteiger partial charge < -0.3 is 10.6 Å². The quantitative estimate of drug-likeness (QED) is 0.798. The highest BCUT2D eigenvalue weighted by molar-refractivity contribution is 7.17. The fourth-order valence-corrected chi connectivity index (χ4v) is 4.27. The number of benzene rings is 1. The molecule has 1 heterocycles. The van der Waals surface area contributed by atoms with Gasteiger partial charge in [0.25, 0.3) is 5.91 Å². The number of carbonyl (C=O) groups is 1. The lowest BCUT2D eigenvalue weighted by Crippen LogP contribution is -2.37. The summed E-state index contributed by atoms with van der Waals surface area (Å²) in [6.07, 6.45) is 4.56. The molecule has 4 nitrogen and oxygen atoms in total. The van der Waals surface area contributed by atoms with Gasteiger partial charge in [-0.1, -0.05) is 36.0 Å². The molecule has 2 N–H and O–H groups in total. The number of thiazole rings is 1. The van der Waals surface area contributed by atoms with Gasteiger partial charge in [0.15, 0.2) is 5.13 Å². The molecule has 1 saturated carbocycles. The highest BCUT2D eigenvalue weighted by atomic mass is 32.1. The fourth-order valence-electron chi connectivity index (χ4n) is 3.38. The molecule has 0 atom stereocenters. The number of rotatable bonds is 4. The van der Waals surface area contributed by atoms with Gasteiger partial charge in [-0.25, -0.2) is 4.98 Å². The van der Waals surface area contributed by atoms with Crippen molar-refractivity contribution in [3.8, 4) is 0 Å². The summed E-state index contributed by atoms with van der Waals surface area (Å²) in [7, 11) is 0. The number of nitrogens with one attached hydrogen (secondary N) is 2. The number of amides is 1. The van der Waals surface area contributed by atoms with Crippen molar-refractivity contribution in [2.75, 3.05) is 5.32 Å². The molecule has 0 bridgehead atoms. The molecule has 134 valence electrons. The molecule has 1 aromatic carbocycles. The average Bonchev–Trinajstić information content (AvgIpc) is 2.93. The molecule has 1 aromatic heterocycles. The first-order valence-electron chi connectivity index (χ1n) is 9.05. The topological polar surface area (TPSA) is 54.0 Å². The zero-order chi connectivity index (χ0) is 18.0. The summed E-state index contributed by atoms with van der Waals surface area (Å²) in [5.74, 6) is 0.801. The van der Waals surface area contributed by atoms with Gasteiger partial charge in [-0.05, 0) is 64.0 Å². The number of aromatic nitrogens is 1. The predicted octanol–water partition coefficient (Wildman–Crippen LogP) is 5.12. The Morgan fingerprint density at radius 2 is 1.88 bits per heavy atom. The van der Waals surface area contributed by atoms with Gasteiger partial charge in [0.1, 0.15) is 4.88 Å². The summed E-state index contributed by atoms with van der Waals surface area (Å²) < 4.78 is 0. The van der Waals surface area contributed by atoms with Crippen molar-refractivity contribution in [1.29, 1.82) is 0 Å². The Morgan fingerprint density at radius 3 is 2.56 bits per heavy atom. The van der Waals surface area contributed by atoms with E-state index in [4.69, 9.17) is 0 Å². The molecule has 1 amide bonds. The van der Waals surface area contributed by atoms with Crippen LogP contribution in [-0.2, 0) is 0 Å². The maximum absolute atomic E-state index is 12.6. The lowest BCUT2D eigenvalue weighted by molar-refractivity contribution is 0.0926. The number of hydrogen-bond donors (Lipinski definition) is 2. The van der Waals surface area contributed by atoms with Crippen LogP contribution in [0, 0.1) is 26.7 Å². The van der Waals surface area contributed by atoms with Crippen LogP contribution in [-0.4, -0.2) is 16.9 Å². The zero-order valence-electron chi connectivity index (χ0n) is 15.5. The molecule has 0 unspecified atom stereocenters. The van der Waals surface area contributed by atoms with E-state index in [1.165, 1.54) is 35.3 Å². The molecule has 1 aliphatic rings. The van der Waals surface area contributed by atoms with E-state index in [1.54, 1.807) is 0 Å². The third-order valence-electron chi connectivity index (χ3n) is 4.98. The minimum atomic E-state index is 0.0169. The highest BCUT2D eigenvalue weighted by Crippen LogP contribution is 2.29. The standard InChI is InChI=1S/C20H27N3OS/c1-12-5-8-16(9-6-12)22-19(24)18-15(4)21-20(25-18)23-17-10-7-13(2)11-14(17)3/h7,10-12,16H,5-6,8-9H2,1-4H3,(H,21,23)(H,22,24). The number of carbonyl (C=O) groups excluding carboxylic acids is 1. The van der Waals surface area contributed by atoms with Gasteiger partial charge in [-0.15, -0.1) is 0 Å². The van der Waals surface area contributed by atoms with Crippen molar-refractivity contribution in [2.24, 2.45) is 5.92 Å². The van der Waals surface area contributed by atoms with Crippen molar-refractivity contribution in [3.63, 3.8) is 0 Å². The number of nitrogens with zero attached hydrogens (tertiary/aromatic N) is 1. The Bertz CT molecular complexity index is 760. The fraction of sp³-hybridized carbons (Fsp3) is 0.500. The summed E-state index contributed by atoms with van der Waals surface area (Å²) in [5.41, 5.74) is 4.24. The monoisotopic (exact) mass is 357 g/mol. The van der Waals surface area contributed by atoms with Crippen molar-refractivity contribution in [3.05, 3.63) is 39.9 Å². The molecule has 0 radical (unpaired) electrons. The summed E-state index contributed by atoms with van der Waals surface area (Å²) in [6, 6.07) is 6.58. The van der Waals surface area contributed by atoms with Gasteiger partial charge in [0, 0.05) is 11.7 Å². The first-order chi connectivity index (χ1) is 11.9. The Kier molecular flexibility index (Phi) is 5.42. The Labute approximate surface area is 154 Å². The lowest BCUT2D eigenvalue weighted by atomic mass is 9.87. The normalized spacial score (nSPS) is 20.3. The maximum Gasteiger partial charge on any atom is 0.263 e. The van der Waals surface area contributed by atoms with Crippen molar-refractivity contribution < 1.29 is 4.79 Å². The first-order valence-corrected chi connectivity index (χ1v) is 9.86. The maximum atomic E-state index is 12.6.